The second-order valence-corrected chi connectivity index (χ2v) is 7.92. The smallest absolute Gasteiger partial charge is 0.246 e. The van der Waals surface area contributed by atoms with Crippen molar-refractivity contribution in [2.24, 2.45) is 0 Å². The van der Waals surface area contributed by atoms with E-state index in [1.165, 1.54) is 10.4 Å². The Kier molecular flexibility index (Phi) is 5.59. The molecule has 0 radical (unpaired) electrons. The first-order valence-electron chi connectivity index (χ1n) is 6.67. The summed E-state index contributed by atoms with van der Waals surface area (Å²) in [6.07, 6.45) is 0.713. The van der Waals surface area contributed by atoms with E-state index in [0.29, 0.717) is 30.8 Å². The van der Waals surface area contributed by atoms with E-state index in [1.54, 1.807) is 18.8 Å². The Labute approximate surface area is 128 Å². The summed E-state index contributed by atoms with van der Waals surface area (Å²) < 4.78 is 54.0. The SMILES string of the molecule is CNCc1cc(F)c(F)c(S(=O)(=O)N2CCCSCC2)c1. The van der Waals surface area contributed by atoms with Gasteiger partial charge in [-0.1, -0.05) is 0 Å². The van der Waals surface area contributed by atoms with Gasteiger partial charge < -0.3 is 5.32 Å². The fourth-order valence-corrected chi connectivity index (χ4v) is 4.82. The van der Waals surface area contributed by atoms with Crippen molar-refractivity contribution in [1.29, 1.82) is 0 Å². The molecule has 1 aliphatic rings. The summed E-state index contributed by atoms with van der Waals surface area (Å²) in [5.74, 6) is -0.889. The summed E-state index contributed by atoms with van der Waals surface area (Å²) in [5.41, 5.74) is 0.402. The van der Waals surface area contributed by atoms with Gasteiger partial charge in [-0.25, -0.2) is 17.2 Å². The van der Waals surface area contributed by atoms with Crippen LogP contribution in [0.1, 0.15) is 12.0 Å². The fourth-order valence-electron chi connectivity index (χ4n) is 2.21. The van der Waals surface area contributed by atoms with Crippen molar-refractivity contribution in [1.82, 2.24) is 9.62 Å². The lowest BCUT2D eigenvalue weighted by Crippen LogP contribution is -2.33. The van der Waals surface area contributed by atoms with Crippen LogP contribution in [0.2, 0.25) is 0 Å². The maximum absolute atomic E-state index is 14.0. The fraction of sp³-hybridized carbons (Fsp3) is 0.538. The van der Waals surface area contributed by atoms with Crippen LogP contribution in [0.25, 0.3) is 0 Å². The van der Waals surface area contributed by atoms with E-state index in [2.05, 4.69) is 5.32 Å². The molecule has 2 rings (SSSR count). The van der Waals surface area contributed by atoms with E-state index < -0.39 is 26.6 Å². The highest BCUT2D eigenvalue weighted by Gasteiger charge is 2.30. The van der Waals surface area contributed by atoms with Crippen LogP contribution >= 0.6 is 11.8 Å². The quantitative estimate of drug-likeness (QED) is 0.911. The summed E-state index contributed by atoms with van der Waals surface area (Å²) in [4.78, 5) is -0.570. The first-order chi connectivity index (χ1) is 9.96. The number of nitrogens with zero attached hydrogens (tertiary/aromatic N) is 1. The van der Waals surface area contributed by atoms with Crippen molar-refractivity contribution >= 4 is 21.8 Å². The van der Waals surface area contributed by atoms with Gasteiger partial charge in [0.1, 0.15) is 4.90 Å². The topological polar surface area (TPSA) is 49.4 Å². The van der Waals surface area contributed by atoms with Gasteiger partial charge in [0.15, 0.2) is 11.6 Å². The average Bonchev–Trinajstić information content (AvgIpc) is 2.72. The van der Waals surface area contributed by atoms with Gasteiger partial charge in [-0.3, -0.25) is 0 Å². The predicted molar refractivity (Wildman–Crippen MR) is 79.8 cm³/mol. The maximum Gasteiger partial charge on any atom is 0.246 e. The molecule has 1 heterocycles. The van der Waals surface area contributed by atoms with Crippen LogP contribution in [0.5, 0.6) is 0 Å². The van der Waals surface area contributed by atoms with E-state index in [9.17, 15) is 17.2 Å². The average molecular weight is 336 g/mol. The van der Waals surface area contributed by atoms with Crippen LogP contribution in [0.4, 0.5) is 8.78 Å². The van der Waals surface area contributed by atoms with Crippen molar-refractivity contribution in [3.8, 4) is 0 Å². The van der Waals surface area contributed by atoms with Crippen LogP contribution in [-0.2, 0) is 16.6 Å². The van der Waals surface area contributed by atoms with E-state index >= 15 is 0 Å². The lowest BCUT2D eigenvalue weighted by molar-refractivity contribution is 0.423. The normalized spacial score (nSPS) is 17.7. The molecule has 1 aromatic rings. The second-order valence-electron chi connectivity index (χ2n) is 4.79. The van der Waals surface area contributed by atoms with E-state index in [-0.39, 0.29) is 6.54 Å². The number of rotatable bonds is 4. The molecule has 8 heteroatoms. The molecule has 1 aromatic carbocycles. The molecule has 0 amide bonds. The largest absolute Gasteiger partial charge is 0.316 e. The molecule has 0 unspecified atom stereocenters. The third kappa shape index (κ3) is 3.74. The Morgan fingerprint density at radius 2 is 2.05 bits per heavy atom. The van der Waals surface area contributed by atoms with Crippen molar-refractivity contribution in [3.63, 3.8) is 0 Å². The lowest BCUT2D eigenvalue weighted by Gasteiger charge is -2.20. The van der Waals surface area contributed by atoms with Crippen molar-refractivity contribution < 1.29 is 17.2 Å². The van der Waals surface area contributed by atoms with Crippen molar-refractivity contribution in [2.75, 3.05) is 31.6 Å². The molecule has 0 spiro atoms. The molecule has 1 fully saturated rings. The van der Waals surface area contributed by atoms with Gasteiger partial charge in [-0.2, -0.15) is 16.1 Å². The summed E-state index contributed by atoms with van der Waals surface area (Å²) in [7, 11) is -2.35. The Morgan fingerprint density at radius 3 is 2.76 bits per heavy atom. The van der Waals surface area contributed by atoms with Gasteiger partial charge in [0.25, 0.3) is 0 Å². The minimum Gasteiger partial charge on any atom is -0.316 e. The third-order valence-corrected chi connectivity index (χ3v) is 6.18. The lowest BCUT2D eigenvalue weighted by atomic mass is 10.2. The zero-order valence-corrected chi connectivity index (χ0v) is 13.4. The molecule has 0 bridgehead atoms. The van der Waals surface area contributed by atoms with Crippen molar-refractivity contribution in [2.45, 2.75) is 17.9 Å². The Morgan fingerprint density at radius 1 is 1.29 bits per heavy atom. The zero-order chi connectivity index (χ0) is 15.5. The minimum absolute atomic E-state index is 0.273. The number of hydrogen-bond donors (Lipinski definition) is 1. The molecule has 1 saturated heterocycles. The highest BCUT2D eigenvalue weighted by Crippen LogP contribution is 2.25. The van der Waals surface area contributed by atoms with Crippen molar-refractivity contribution in [3.05, 3.63) is 29.3 Å². The molecular formula is C13H18F2N2O2S2. The van der Waals surface area contributed by atoms with Gasteiger partial charge in [0.2, 0.25) is 10.0 Å². The van der Waals surface area contributed by atoms with Gasteiger partial charge in [0, 0.05) is 25.4 Å². The van der Waals surface area contributed by atoms with Gasteiger partial charge in [0.05, 0.1) is 0 Å². The second kappa shape index (κ2) is 7.04. The zero-order valence-electron chi connectivity index (χ0n) is 11.7. The van der Waals surface area contributed by atoms with Gasteiger partial charge in [-0.15, -0.1) is 0 Å². The molecule has 0 saturated carbocycles. The molecule has 21 heavy (non-hydrogen) atoms. The first-order valence-corrected chi connectivity index (χ1v) is 9.26. The first kappa shape index (κ1) is 16.7. The van der Waals surface area contributed by atoms with Crippen LogP contribution in [0.15, 0.2) is 17.0 Å². The number of benzene rings is 1. The highest BCUT2D eigenvalue weighted by molar-refractivity contribution is 7.99. The van der Waals surface area contributed by atoms with Crippen LogP contribution in [-0.4, -0.2) is 44.4 Å². The van der Waals surface area contributed by atoms with E-state index in [0.717, 1.165) is 11.8 Å². The summed E-state index contributed by atoms with van der Waals surface area (Å²) in [5, 5.41) is 2.80. The number of hydrogen-bond acceptors (Lipinski definition) is 4. The van der Waals surface area contributed by atoms with E-state index in [4.69, 9.17) is 0 Å². The predicted octanol–water partition coefficient (Wildman–Crippen LogP) is 1.81. The number of halogens is 2. The number of thioether (sulfide) groups is 1. The molecule has 0 atom stereocenters. The minimum atomic E-state index is -4.00. The van der Waals surface area contributed by atoms with Gasteiger partial charge >= 0.3 is 0 Å². The maximum atomic E-state index is 14.0. The Balaban J connectivity index is 2.42. The molecule has 1 aliphatic heterocycles. The van der Waals surface area contributed by atoms with Gasteiger partial charge in [-0.05, 0) is 36.9 Å². The number of sulfonamides is 1. The Hall–Kier alpha value is -0.700. The molecule has 0 aliphatic carbocycles. The van der Waals surface area contributed by atoms with Crippen LogP contribution in [0, 0.1) is 11.6 Å². The summed E-state index contributed by atoms with van der Waals surface area (Å²) in [6, 6.07) is 2.23. The summed E-state index contributed by atoms with van der Waals surface area (Å²) >= 11 is 1.67. The van der Waals surface area contributed by atoms with Crippen LogP contribution in [0.3, 0.4) is 0 Å². The third-order valence-electron chi connectivity index (χ3n) is 3.23. The van der Waals surface area contributed by atoms with Crippen LogP contribution < -0.4 is 5.32 Å². The molecule has 4 nitrogen and oxygen atoms in total. The molecular weight excluding hydrogens is 318 g/mol. The summed E-state index contributed by atoms with van der Waals surface area (Å²) in [6.45, 7) is 0.937. The monoisotopic (exact) mass is 336 g/mol. The standard InChI is InChI=1S/C13H18F2N2O2S2/c1-16-9-10-7-11(14)13(15)12(8-10)21(18,19)17-3-2-5-20-6-4-17/h7-8,16H,2-6,9H2,1H3. The number of nitrogens with one attached hydrogen (secondary N) is 1. The molecule has 1 N–H and O–H groups in total. The Bertz CT molecular complexity index is 600. The molecule has 0 aromatic heterocycles. The van der Waals surface area contributed by atoms with E-state index in [1.807, 2.05) is 0 Å². The highest BCUT2D eigenvalue weighted by atomic mass is 32.2. The molecule has 118 valence electrons.